The third-order valence-electron chi connectivity index (χ3n) is 7.11. The predicted octanol–water partition coefficient (Wildman–Crippen LogP) is 5.69. The number of hydrogen-bond donors (Lipinski definition) is 3. The van der Waals surface area contributed by atoms with Gasteiger partial charge in [0, 0.05) is 52.7 Å². The van der Waals surface area contributed by atoms with Crippen LogP contribution < -0.4 is 5.32 Å². The van der Waals surface area contributed by atoms with Crippen LogP contribution >= 0.6 is 0 Å². The molecule has 0 aliphatic carbocycles. The van der Waals surface area contributed by atoms with Crippen LogP contribution in [0.4, 0.5) is 14.5 Å². The van der Waals surface area contributed by atoms with Gasteiger partial charge in [-0.1, -0.05) is 13.8 Å². The molecule has 0 bridgehead atoms. The first-order chi connectivity index (χ1) is 20.9. The average molecular weight is 616 g/mol. The zero-order chi connectivity index (χ0) is 31.2. The van der Waals surface area contributed by atoms with Gasteiger partial charge in [-0.25, -0.2) is 22.2 Å². The number of nitrogens with zero attached hydrogens (tertiary/aromatic N) is 4. The molecule has 0 fully saturated rings. The van der Waals surface area contributed by atoms with Crippen LogP contribution in [0.15, 0.2) is 61.1 Å². The second-order valence-corrected chi connectivity index (χ2v) is 13.2. The number of aryl methyl sites for hydroxylation is 1. The SMILES string of the molecule is CC(C)C(=O)Nc1cncc(-c2cc3c(-c4nc5c(-c6cc(F)cc(CCS(C)(=O)=O)c6)nccc5[nH]4)n[nH]c3cc2F)c1. The molecule has 6 aromatic rings. The van der Waals surface area contributed by atoms with Gasteiger partial charge in [0.25, 0.3) is 0 Å². The summed E-state index contributed by atoms with van der Waals surface area (Å²) in [4.78, 5) is 28.8. The van der Waals surface area contributed by atoms with Crippen LogP contribution in [0.1, 0.15) is 19.4 Å². The number of aromatic nitrogens is 6. The van der Waals surface area contributed by atoms with E-state index in [1.54, 1.807) is 44.3 Å². The monoisotopic (exact) mass is 615 g/mol. The normalized spacial score (nSPS) is 12.0. The summed E-state index contributed by atoms with van der Waals surface area (Å²) in [5.74, 6) is -1.17. The minimum absolute atomic E-state index is 0.109. The van der Waals surface area contributed by atoms with Gasteiger partial charge in [0.1, 0.15) is 32.7 Å². The molecule has 0 aliphatic rings. The zero-order valence-electron chi connectivity index (χ0n) is 23.9. The number of aromatic amines is 2. The van der Waals surface area contributed by atoms with Crippen LogP contribution in [0.25, 0.3) is 55.8 Å². The zero-order valence-corrected chi connectivity index (χ0v) is 24.8. The molecule has 0 unspecified atom stereocenters. The number of halogens is 2. The number of amides is 1. The van der Waals surface area contributed by atoms with Crippen molar-refractivity contribution in [1.82, 2.24) is 30.1 Å². The molecule has 0 aliphatic heterocycles. The molecule has 10 nitrogen and oxygen atoms in total. The minimum Gasteiger partial charge on any atom is -0.336 e. The molecule has 13 heteroatoms. The van der Waals surface area contributed by atoms with E-state index in [1.165, 1.54) is 30.6 Å². The number of carbonyl (C=O) groups is 1. The Bertz CT molecular complexity index is 2170. The van der Waals surface area contributed by atoms with Gasteiger partial charge in [0.2, 0.25) is 5.91 Å². The predicted molar refractivity (Wildman–Crippen MR) is 164 cm³/mol. The summed E-state index contributed by atoms with van der Waals surface area (Å²) < 4.78 is 53.2. The molecule has 4 aromatic heterocycles. The Morgan fingerprint density at radius 2 is 1.82 bits per heavy atom. The van der Waals surface area contributed by atoms with Crippen LogP contribution in [-0.4, -0.2) is 56.5 Å². The quantitative estimate of drug-likeness (QED) is 0.199. The first kappa shape index (κ1) is 29.1. The molecule has 1 amide bonds. The molecular weight excluding hydrogens is 588 g/mol. The Morgan fingerprint density at radius 1 is 1.00 bits per heavy atom. The number of nitrogens with one attached hydrogen (secondary N) is 3. The molecule has 44 heavy (non-hydrogen) atoms. The second-order valence-electron chi connectivity index (χ2n) is 10.9. The summed E-state index contributed by atoms with van der Waals surface area (Å²) in [6.07, 6.45) is 5.87. The summed E-state index contributed by atoms with van der Waals surface area (Å²) in [6, 6.07) is 10.7. The summed E-state index contributed by atoms with van der Waals surface area (Å²) in [5, 5.41) is 10.6. The lowest BCUT2D eigenvalue weighted by atomic mass is 10.0. The maximum Gasteiger partial charge on any atom is 0.226 e. The molecule has 4 heterocycles. The van der Waals surface area contributed by atoms with Gasteiger partial charge < -0.3 is 10.3 Å². The maximum absolute atomic E-state index is 15.3. The lowest BCUT2D eigenvalue weighted by Gasteiger charge is -2.09. The van der Waals surface area contributed by atoms with Gasteiger partial charge in [-0.05, 0) is 48.4 Å². The molecular formula is C31H27F2N7O3S. The molecule has 0 spiro atoms. The molecule has 0 atom stereocenters. The van der Waals surface area contributed by atoms with Crippen LogP contribution in [0.2, 0.25) is 0 Å². The van der Waals surface area contributed by atoms with Crippen LogP contribution in [0.3, 0.4) is 0 Å². The van der Waals surface area contributed by atoms with Crippen molar-refractivity contribution in [2.75, 3.05) is 17.3 Å². The third-order valence-corrected chi connectivity index (χ3v) is 8.06. The molecule has 0 saturated carbocycles. The summed E-state index contributed by atoms with van der Waals surface area (Å²) in [7, 11) is -3.23. The van der Waals surface area contributed by atoms with Gasteiger partial charge in [0.15, 0.2) is 5.82 Å². The highest BCUT2D eigenvalue weighted by Gasteiger charge is 2.19. The lowest BCUT2D eigenvalue weighted by Crippen LogP contribution is -2.17. The molecule has 2 aromatic carbocycles. The number of H-pyrrole nitrogens is 2. The highest BCUT2D eigenvalue weighted by atomic mass is 32.2. The molecule has 224 valence electrons. The second kappa shape index (κ2) is 11.2. The van der Waals surface area contributed by atoms with Gasteiger partial charge >= 0.3 is 0 Å². The fourth-order valence-electron chi connectivity index (χ4n) is 4.88. The van der Waals surface area contributed by atoms with Gasteiger partial charge in [-0.3, -0.25) is 19.9 Å². The number of rotatable bonds is 8. The van der Waals surface area contributed by atoms with E-state index in [0.29, 0.717) is 61.5 Å². The Labute approximate surface area is 250 Å². The number of anilines is 1. The highest BCUT2D eigenvalue weighted by Crippen LogP contribution is 2.34. The van der Waals surface area contributed by atoms with E-state index in [9.17, 15) is 17.6 Å². The van der Waals surface area contributed by atoms with Crippen molar-refractivity contribution in [2.24, 2.45) is 5.92 Å². The fraction of sp³-hybridized carbons (Fsp3) is 0.194. The van der Waals surface area contributed by atoms with Crippen molar-refractivity contribution in [2.45, 2.75) is 20.3 Å². The van der Waals surface area contributed by atoms with Crippen LogP contribution in [0, 0.1) is 17.6 Å². The van der Waals surface area contributed by atoms with E-state index in [2.05, 4.69) is 30.5 Å². The van der Waals surface area contributed by atoms with Crippen molar-refractivity contribution >= 4 is 43.4 Å². The number of pyridine rings is 2. The lowest BCUT2D eigenvalue weighted by molar-refractivity contribution is -0.118. The van der Waals surface area contributed by atoms with Crippen molar-refractivity contribution in [1.29, 1.82) is 0 Å². The number of hydrogen-bond acceptors (Lipinski definition) is 7. The number of imidazole rings is 1. The molecule has 0 radical (unpaired) electrons. The van der Waals surface area contributed by atoms with Gasteiger partial charge in [0.05, 0.1) is 34.4 Å². The van der Waals surface area contributed by atoms with Crippen molar-refractivity contribution in [3.05, 3.63) is 78.3 Å². The first-order valence-corrected chi connectivity index (χ1v) is 15.8. The summed E-state index contributed by atoms with van der Waals surface area (Å²) in [6.45, 7) is 3.55. The average Bonchev–Trinajstić information content (AvgIpc) is 3.58. The Hall–Kier alpha value is -5.04. The smallest absolute Gasteiger partial charge is 0.226 e. The Balaban J connectivity index is 1.40. The summed E-state index contributed by atoms with van der Waals surface area (Å²) >= 11 is 0. The van der Waals surface area contributed by atoms with E-state index < -0.39 is 21.5 Å². The van der Waals surface area contributed by atoms with Gasteiger partial charge in [-0.2, -0.15) is 5.10 Å². The number of sulfone groups is 1. The standard InChI is InChI=1S/C31H27F2N7O3S/c1-16(2)31(41)36-21-11-19(14-34-15-21)22-12-23-26(13-24(22)33)39-40-28(23)30-37-25-4-6-35-27(29(25)38-30)18-8-17(9-20(32)10-18)5-7-44(3,42)43/h4,6,8-16H,5,7H2,1-3H3,(H,36,41)(H,37,38)(H,39,40). The van der Waals surface area contributed by atoms with Crippen molar-refractivity contribution in [3.63, 3.8) is 0 Å². The van der Waals surface area contributed by atoms with Gasteiger partial charge in [-0.15, -0.1) is 0 Å². The van der Waals surface area contributed by atoms with E-state index >= 15 is 4.39 Å². The topological polar surface area (TPSA) is 146 Å². The first-order valence-electron chi connectivity index (χ1n) is 13.7. The number of fused-ring (bicyclic) bond motifs is 2. The van der Waals surface area contributed by atoms with Crippen LogP contribution in [0.5, 0.6) is 0 Å². The highest BCUT2D eigenvalue weighted by molar-refractivity contribution is 7.90. The molecule has 3 N–H and O–H groups in total. The van der Waals surface area contributed by atoms with E-state index in [0.717, 1.165) is 6.26 Å². The van der Waals surface area contributed by atoms with E-state index in [-0.39, 0.29) is 29.6 Å². The van der Waals surface area contributed by atoms with Crippen LogP contribution in [-0.2, 0) is 21.1 Å². The number of carbonyl (C=O) groups excluding carboxylic acids is 1. The number of benzene rings is 2. The third kappa shape index (κ3) is 5.91. The minimum atomic E-state index is -3.23. The Morgan fingerprint density at radius 3 is 2.59 bits per heavy atom. The molecule has 6 rings (SSSR count). The van der Waals surface area contributed by atoms with E-state index in [1.807, 2.05) is 0 Å². The van der Waals surface area contributed by atoms with Crippen molar-refractivity contribution in [3.8, 4) is 33.9 Å². The van der Waals surface area contributed by atoms with Crippen molar-refractivity contribution < 1.29 is 22.0 Å². The fourth-order valence-corrected chi connectivity index (χ4v) is 5.48. The maximum atomic E-state index is 15.3. The van der Waals surface area contributed by atoms with E-state index in [4.69, 9.17) is 4.98 Å². The molecule has 0 saturated heterocycles. The summed E-state index contributed by atoms with van der Waals surface area (Å²) in [5.41, 5.74) is 4.49. The Kier molecular flexibility index (Phi) is 7.41. The largest absolute Gasteiger partial charge is 0.336 e.